The molecule has 0 aliphatic carbocycles. The summed E-state index contributed by atoms with van der Waals surface area (Å²) in [6.07, 6.45) is 2.70. The van der Waals surface area contributed by atoms with Gasteiger partial charge in [0.25, 0.3) is 0 Å². The summed E-state index contributed by atoms with van der Waals surface area (Å²) in [6, 6.07) is 0.777. The summed E-state index contributed by atoms with van der Waals surface area (Å²) in [7, 11) is 1.02. The van der Waals surface area contributed by atoms with E-state index in [0.717, 1.165) is 18.8 Å². The highest BCUT2D eigenvalue weighted by Crippen LogP contribution is 1.95. The third-order valence-corrected chi connectivity index (χ3v) is 2.63. The Labute approximate surface area is 83.7 Å². The van der Waals surface area contributed by atoms with E-state index in [2.05, 4.69) is 19.2 Å². The van der Waals surface area contributed by atoms with Crippen LogP contribution in [0.1, 0.15) is 20.3 Å². The first kappa shape index (κ1) is 13.1. The highest BCUT2D eigenvalue weighted by molar-refractivity contribution is 7.84. The fourth-order valence-corrected chi connectivity index (χ4v) is 1.90. The molecule has 0 saturated heterocycles. The second-order valence-electron chi connectivity index (χ2n) is 3.49. The number of ether oxygens (including phenoxy) is 1. The average Bonchev–Trinajstić information content (AvgIpc) is 2.01. The van der Waals surface area contributed by atoms with Gasteiger partial charge in [0.1, 0.15) is 0 Å². The molecule has 0 spiro atoms. The molecule has 3 nitrogen and oxygen atoms in total. The van der Waals surface area contributed by atoms with E-state index in [4.69, 9.17) is 4.74 Å². The summed E-state index contributed by atoms with van der Waals surface area (Å²) in [5.74, 6) is 0.772. The summed E-state index contributed by atoms with van der Waals surface area (Å²) in [4.78, 5) is 0. The zero-order valence-corrected chi connectivity index (χ0v) is 9.82. The Kier molecular flexibility index (Phi) is 7.51. The summed E-state index contributed by atoms with van der Waals surface area (Å²) in [6.45, 7) is 4.92. The van der Waals surface area contributed by atoms with Gasteiger partial charge in [-0.25, -0.2) is 0 Å². The van der Waals surface area contributed by atoms with Gasteiger partial charge in [-0.1, -0.05) is 0 Å². The van der Waals surface area contributed by atoms with Gasteiger partial charge >= 0.3 is 0 Å². The van der Waals surface area contributed by atoms with Gasteiger partial charge < -0.3 is 10.1 Å². The summed E-state index contributed by atoms with van der Waals surface area (Å²) in [5.41, 5.74) is 0. The van der Waals surface area contributed by atoms with Crippen molar-refractivity contribution in [3.8, 4) is 0 Å². The van der Waals surface area contributed by atoms with Crippen molar-refractivity contribution in [3.63, 3.8) is 0 Å². The van der Waals surface area contributed by atoms with E-state index in [-0.39, 0.29) is 0 Å². The van der Waals surface area contributed by atoms with Crippen LogP contribution in [0.3, 0.4) is 0 Å². The highest BCUT2D eigenvalue weighted by atomic mass is 32.2. The van der Waals surface area contributed by atoms with E-state index >= 15 is 0 Å². The largest absolute Gasteiger partial charge is 0.383 e. The Bertz CT molecular complexity index is 153. The molecule has 0 heterocycles. The zero-order chi connectivity index (χ0) is 10.3. The molecule has 4 heteroatoms. The van der Waals surface area contributed by atoms with Crippen molar-refractivity contribution in [2.24, 2.45) is 0 Å². The molecule has 0 aromatic carbocycles. The molecular weight excluding hydrogens is 186 g/mol. The Morgan fingerprint density at radius 3 is 2.46 bits per heavy atom. The SMILES string of the molecule is COCC(C)NC(C)CCS(C)=O. The molecule has 0 radical (unpaired) electrons. The predicted molar refractivity (Wildman–Crippen MR) is 57.5 cm³/mol. The van der Waals surface area contributed by atoms with Gasteiger partial charge in [-0.2, -0.15) is 0 Å². The maximum Gasteiger partial charge on any atom is 0.0613 e. The van der Waals surface area contributed by atoms with Crippen molar-refractivity contribution in [2.75, 3.05) is 25.7 Å². The highest BCUT2D eigenvalue weighted by Gasteiger charge is 2.06. The molecule has 0 aliphatic rings. The smallest absolute Gasteiger partial charge is 0.0613 e. The van der Waals surface area contributed by atoms with Crippen LogP contribution in [0.4, 0.5) is 0 Å². The van der Waals surface area contributed by atoms with Crippen molar-refractivity contribution < 1.29 is 8.95 Å². The number of hydrogen-bond acceptors (Lipinski definition) is 3. The van der Waals surface area contributed by atoms with Crippen molar-refractivity contribution in [1.82, 2.24) is 5.32 Å². The minimum absolute atomic E-state index is 0.366. The fraction of sp³-hybridized carbons (Fsp3) is 1.00. The Balaban J connectivity index is 3.48. The molecule has 0 aliphatic heterocycles. The Hall–Kier alpha value is 0.0700. The van der Waals surface area contributed by atoms with E-state index in [9.17, 15) is 4.21 Å². The van der Waals surface area contributed by atoms with Crippen molar-refractivity contribution in [2.45, 2.75) is 32.4 Å². The Morgan fingerprint density at radius 1 is 1.38 bits per heavy atom. The van der Waals surface area contributed by atoms with E-state index < -0.39 is 10.8 Å². The predicted octanol–water partition coefficient (Wildman–Crippen LogP) is 0.768. The van der Waals surface area contributed by atoms with Crippen molar-refractivity contribution in [1.29, 1.82) is 0 Å². The third-order valence-electron chi connectivity index (χ3n) is 1.82. The van der Waals surface area contributed by atoms with Crippen LogP contribution >= 0.6 is 0 Å². The van der Waals surface area contributed by atoms with Crippen LogP contribution in [0, 0.1) is 0 Å². The van der Waals surface area contributed by atoms with Gasteiger partial charge in [0.2, 0.25) is 0 Å². The summed E-state index contributed by atoms with van der Waals surface area (Å²) >= 11 is 0. The lowest BCUT2D eigenvalue weighted by Gasteiger charge is -2.18. The number of methoxy groups -OCH3 is 1. The summed E-state index contributed by atoms with van der Waals surface area (Å²) in [5, 5.41) is 3.38. The van der Waals surface area contributed by atoms with Crippen LogP contribution in [-0.4, -0.2) is 42.0 Å². The lowest BCUT2D eigenvalue weighted by molar-refractivity contribution is 0.167. The third kappa shape index (κ3) is 8.40. The van der Waals surface area contributed by atoms with Crippen molar-refractivity contribution >= 4 is 10.8 Å². The number of hydrogen-bond donors (Lipinski definition) is 1. The molecule has 1 N–H and O–H groups in total. The molecule has 0 amide bonds. The molecule has 0 rings (SSSR count). The maximum absolute atomic E-state index is 10.8. The van der Waals surface area contributed by atoms with Gasteiger partial charge in [0.05, 0.1) is 6.61 Å². The molecule has 3 atom stereocenters. The van der Waals surface area contributed by atoms with E-state index in [0.29, 0.717) is 12.1 Å². The fourth-order valence-electron chi connectivity index (χ4n) is 1.21. The molecule has 3 unspecified atom stereocenters. The average molecular weight is 207 g/mol. The molecule has 0 aromatic rings. The van der Waals surface area contributed by atoms with Crippen LogP contribution in [0.5, 0.6) is 0 Å². The second-order valence-corrected chi connectivity index (χ2v) is 5.04. The van der Waals surface area contributed by atoms with Crippen LogP contribution < -0.4 is 5.32 Å². The lowest BCUT2D eigenvalue weighted by Crippen LogP contribution is -2.37. The van der Waals surface area contributed by atoms with E-state index in [1.807, 2.05) is 0 Å². The Morgan fingerprint density at radius 2 is 2.00 bits per heavy atom. The second kappa shape index (κ2) is 7.47. The van der Waals surface area contributed by atoms with Gasteiger partial charge in [-0.3, -0.25) is 4.21 Å². The monoisotopic (exact) mass is 207 g/mol. The molecule has 0 saturated carbocycles. The van der Waals surface area contributed by atoms with Gasteiger partial charge in [0.15, 0.2) is 0 Å². The number of nitrogens with one attached hydrogen (secondary N) is 1. The summed E-state index contributed by atoms with van der Waals surface area (Å²) < 4.78 is 15.8. The van der Waals surface area contributed by atoms with E-state index in [1.54, 1.807) is 13.4 Å². The van der Waals surface area contributed by atoms with Gasteiger partial charge in [-0.15, -0.1) is 0 Å². The van der Waals surface area contributed by atoms with Crippen LogP contribution in [0.25, 0.3) is 0 Å². The minimum Gasteiger partial charge on any atom is -0.383 e. The van der Waals surface area contributed by atoms with Crippen LogP contribution in [0.2, 0.25) is 0 Å². The van der Waals surface area contributed by atoms with Gasteiger partial charge in [-0.05, 0) is 20.3 Å². The van der Waals surface area contributed by atoms with E-state index in [1.165, 1.54) is 0 Å². The van der Waals surface area contributed by atoms with Gasteiger partial charge in [0, 0.05) is 42.0 Å². The normalized spacial score (nSPS) is 18.2. The van der Waals surface area contributed by atoms with Crippen molar-refractivity contribution in [3.05, 3.63) is 0 Å². The quantitative estimate of drug-likeness (QED) is 0.670. The molecule has 0 fully saturated rings. The van der Waals surface area contributed by atoms with Crippen LogP contribution in [0.15, 0.2) is 0 Å². The topological polar surface area (TPSA) is 38.3 Å². The first-order valence-electron chi connectivity index (χ1n) is 4.61. The van der Waals surface area contributed by atoms with Crippen LogP contribution in [-0.2, 0) is 15.5 Å². The first-order chi connectivity index (χ1) is 6.06. The molecule has 0 bridgehead atoms. The molecule has 13 heavy (non-hydrogen) atoms. The zero-order valence-electron chi connectivity index (χ0n) is 9.00. The molecular formula is C9H21NO2S. The standard InChI is InChI=1S/C9H21NO2S/c1-8(5-6-13(4)11)10-9(2)7-12-3/h8-10H,5-7H2,1-4H3. The molecule has 0 aromatic heterocycles. The molecule has 80 valence electrons. The minimum atomic E-state index is -0.676. The number of rotatable bonds is 7. The first-order valence-corrected chi connectivity index (χ1v) is 6.34. The lowest BCUT2D eigenvalue weighted by atomic mass is 10.2. The maximum atomic E-state index is 10.8.